The second kappa shape index (κ2) is 6.43. The third-order valence-electron chi connectivity index (χ3n) is 1.85. The number of esters is 1. The molecule has 0 aliphatic carbocycles. The smallest absolute Gasteiger partial charge is 0.341 e. The number of rotatable bonds is 5. The van der Waals surface area contributed by atoms with Gasteiger partial charge >= 0.3 is 5.97 Å². The largest absolute Gasteiger partial charge is 0.463 e. The monoisotopic (exact) mass is 228 g/mol. The first-order valence-electron chi connectivity index (χ1n) is 4.78. The molecular formula is C11H13ClO3. The number of benzene rings is 1. The minimum Gasteiger partial charge on any atom is -0.463 e. The van der Waals surface area contributed by atoms with Crippen LogP contribution in [0.15, 0.2) is 30.3 Å². The predicted octanol–water partition coefficient (Wildman–Crippen LogP) is 2.85. The molecule has 0 amide bonds. The van der Waals surface area contributed by atoms with E-state index in [-0.39, 0.29) is 0 Å². The van der Waals surface area contributed by atoms with Crippen LogP contribution >= 0.6 is 11.9 Å². The number of carbonyl (C=O) groups is 1. The molecular weight excluding hydrogens is 216 g/mol. The molecule has 1 aromatic carbocycles. The fraction of sp³-hybridized carbons (Fsp3) is 0.364. The Morgan fingerprint density at radius 2 is 2.07 bits per heavy atom. The van der Waals surface area contributed by atoms with Crippen molar-refractivity contribution in [2.45, 2.75) is 19.4 Å². The van der Waals surface area contributed by atoms with Crippen molar-refractivity contribution in [1.82, 2.24) is 0 Å². The molecule has 0 spiro atoms. The lowest BCUT2D eigenvalue weighted by Gasteiger charge is -2.12. The lowest BCUT2D eigenvalue weighted by molar-refractivity contribution is -0.152. The number of hydrogen-bond donors (Lipinski definition) is 0. The maximum atomic E-state index is 11.5. The first-order valence-corrected chi connectivity index (χ1v) is 5.09. The maximum Gasteiger partial charge on any atom is 0.341 e. The fourth-order valence-corrected chi connectivity index (χ4v) is 1.31. The summed E-state index contributed by atoms with van der Waals surface area (Å²) in [5.74, 6) is -0.460. The highest BCUT2D eigenvalue weighted by Gasteiger charge is 2.22. The third kappa shape index (κ3) is 3.53. The van der Waals surface area contributed by atoms with Gasteiger partial charge in [-0.25, -0.2) is 4.79 Å². The highest BCUT2D eigenvalue weighted by atomic mass is 35.5. The van der Waals surface area contributed by atoms with Crippen molar-refractivity contribution in [2.75, 3.05) is 6.61 Å². The zero-order valence-corrected chi connectivity index (χ0v) is 9.24. The van der Waals surface area contributed by atoms with E-state index in [1.165, 1.54) is 0 Å². The van der Waals surface area contributed by atoms with Crippen LogP contribution in [0.4, 0.5) is 0 Å². The molecule has 0 aliphatic rings. The summed E-state index contributed by atoms with van der Waals surface area (Å²) >= 11 is 5.28. The van der Waals surface area contributed by atoms with Gasteiger partial charge in [0.05, 0.1) is 18.5 Å². The summed E-state index contributed by atoms with van der Waals surface area (Å²) in [6, 6.07) is 9.00. The quantitative estimate of drug-likeness (QED) is 0.727. The topological polar surface area (TPSA) is 35.5 Å². The number of hydrogen-bond acceptors (Lipinski definition) is 3. The van der Waals surface area contributed by atoms with Gasteiger partial charge in [-0.05, 0) is 12.0 Å². The summed E-state index contributed by atoms with van der Waals surface area (Å²) < 4.78 is 9.54. The molecule has 0 saturated heterocycles. The lowest BCUT2D eigenvalue weighted by Crippen LogP contribution is -2.16. The summed E-state index contributed by atoms with van der Waals surface area (Å²) in [5.41, 5.74) is 0.689. The Morgan fingerprint density at radius 3 is 2.60 bits per heavy atom. The Balaban J connectivity index is 2.67. The Labute approximate surface area is 94.1 Å². The van der Waals surface area contributed by atoms with Gasteiger partial charge in [0, 0.05) is 0 Å². The van der Waals surface area contributed by atoms with Gasteiger partial charge in [0.25, 0.3) is 0 Å². The SMILES string of the molecule is CCCOC(=O)[C@H](OCl)c1ccccc1. The van der Waals surface area contributed by atoms with Crippen LogP contribution in [0.2, 0.25) is 0 Å². The molecule has 0 heterocycles. The fourth-order valence-electron chi connectivity index (χ4n) is 1.13. The van der Waals surface area contributed by atoms with E-state index in [0.717, 1.165) is 6.42 Å². The maximum absolute atomic E-state index is 11.5. The second-order valence-electron chi connectivity index (χ2n) is 3.05. The molecule has 0 N–H and O–H groups in total. The molecule has 0 bridgehead atoms. The first-order chi connectivity index (χ1) is 7.29. The van der Waals surface area contributed by atoms with E-state index in [9.17, 15) is 4.79 Å². The Hall–Kier alpha value is -1.06. The predicted molar refractivity (Wildman–Crippen MR) is 57.4 cm³/mol. The minimum atomic E-state index is -0.848. The average Bonchev–Trinajstić information content (AvgIpc) is 2.29. The van der Waals surface area contributed by atoms with E-state index in [0.29, 0.717) is 12.2 Å². The van der Waals surface area contributed by atoms with Crippen molar-refractivity contribution >= 4 is 17.8 Å². The molecule has 4 heteroatoms. The zero-order chi connectivity index (χ0) is 11.1. The van der Waals surface area contributed by atoms with Crippen LogP contribution in [0.25, 0.3) is 0 Å². The molecule has 0 aliphatic heterocycles. The van der Waals surface area contributed by atoms with E-state index in [4.69, 9.17) is 16.6 Å². The number of carbonyl (C=O) groups excluding carboxylic acids is 1. The van der Waals surface area contributed by atoms with Crippen molar-refractivity contribution in [1.29, 1.82) is 0 Å². The minimum absolute atomic E-state index is 0.377. The molecule has 0 radical (unpaired) electrons. The second-order valence-corrected chi connectivity index (χ2v) is 3.23. The molecule has 1 aromatic rings. The van der Waals surface area contributed by atoms with Crippen LogP contribution in [0.1, 0.15) is 25.0 Å². The molecule has 0 aromatic heterocycles. The van der Waals surface area contributed by atoms with Crippen LogP contribution in [0.3, 0.4) is 0 Å². The van der Waals surface area contributed by atoms with Crippen molar-refractivity contribution in [3.05, 3.63) is 35.9 Å². The number of ether oxygens (including phenoxy) is 1. The van der Waals surface area contributed by atoms with Crippen LogP contribution in [-0.4, -0.2) is 12.6 Å². The normalized spacial score (nSPS) is 12.1. The van der Waals surface area contributed by atoms with E-state index in [2.05, 4.69) is 4.29 Å². The summed E-state index contributed by atoms with van der Waals surface area (Å²) in [5, 5.41) is 0. The average molecular weight is 229 g/mol. The van der Waals surface area contributed by atoms with Gasteiger partial charge < -0.3 is 4.74 Å². The van der Waals surface area contributed by atoms with Gasteiger partial charge in [-0.1, -0.05) is 37.3 Å². The van der Waals surface area contributed by atoms with Gasteiger partial charge in [0.15, 0.2) is 0 Å². The number of halogens is 1. The van der Waals surface area contributed by atoms with E-state index in [1.807, 2.05) is 25.1 Å². The van der Waals surface area contributed by atoms with E-state index in [1.54, 1.807) is 12.1 Å². The van der Waals surface area contributed by atoms with Gasteiger partial charge in [0.1, 0.15) is 0 Å². The van der Waals surface area contributed by atoms with Crippen molar-refractivity contribution in [2.24, 2.45) is 0 Å². The van der Waals surface area contributed by atoms with Gasteiger partial charge in [0.2, 0.25) is 6.10 Å². The van der Waals surface area contributed by atoms with E-state index >= 15 is 0 Å². The highest BCUT2D eigenvalue weighted by Crippen LogP contribution is 2.20. The molecule has 3 nitrogen and oxygen atoms in total. The zero-order valence-electron chi connectivity index (χ0n) is 8.48. The molecule has 82 valence electrons. The molecule has 0 unspecified atom stereocenters. The molecule has 0 saturated carbocycles. The van der Waals surface area contributed by atoms with Crippen molar-refractivity contribution in [3.8, 4) is 0 Å². The van der Waals surface area contributed by atoms with Crippen LogP contribution in [-0.2, 0) is 13.8 Å². The summed E-state index contributed by atoms with van der Waals surface area (Å²) in [6.07, 6.45) is -0.0744. The van der Waals surface area contributed by atoms with Gasteiger partial charge in [-0.3, -0.25) is 4.29 Å². The van der Waals surface area contributed by atoms with Gasteiger partial charge in [-0.2, -0.15) is 0 Å². The molecule has 1 rings (SSSR count). The lowest BCUT2D eigenvalue weighted by atomic mass is 10.1. The third-order valence-corrected chi connectivity index (χ3v) is 2.03. The van der Waals surface area contributed by atoms with Crippen LogP contribution < -0.4 is 0 Å². The summed E-state index contributed by atoms with van der Waals surface area (Å²) in [4.78, 5) is 11.5. The first kappa shape index (κ1) is 12.0. The Morgan fingerprint density at radius 1 is 1.40 bits per heavy atom. The molecule has 0 fully saturated rings. The van der Waals surface area contributed by atoms with Crippen molar-refractivity contribution < 1.29 is 13.8 Å². The van der Waals surface area contributed by atoms with E-state index < -0.39 is 12.1 Å². The molecule has 1 atom stereocenters. The Kier molecular flexibility index (Phi) is 5.15. The summed E-state index contributed by atoms with van der Waals surface area (Å²) in [6.45, 7) is 2.30. The molecule has 15 heavy (non-hydrogen) atoms. The highest BCUT2D eigenvalue weighted by molar-refractivity contribution is 6.08. The van der Waals surface area contributed by atoms with Crippen LogP contribution in [0.5, 0.6) is 0 Å². The standard InChI is InChI=1S/C11H13ClO3/c1-2-8-14-11(13)10(15-12)9-6-4-3-5-7-9/h3-7,10H,2,8H2,1H3/t10-/m1/s1. The van der Waals surface area contributed by atoms with Gasteiger partial charge in [-0.15, -0.1) is 0 Å². The Bertz CT molecular complexity index is 300. The van der Waals surface area contributed by atoms with Crippen LogP contribution in [0, 0.1) is 0 Å². The summed E-state index contributed by atoms with van der Waals surface area (Å²) in [7, 11) is 0. The van der Waals surface area contributed by atoms with Crippen molar-refractivity contribution in [3.63, 3.8) is 0 Å².